The predicted molar refractivity (Wildman–Crippen MR) is 86.1 cm³/mol. The molecule has 1 aliphatic heterocycles. The van der Waals surface area contributed by atoms with Crippen molar-refractivity contribution in [1.82, 2.24) is 4.31 Å². The fourth-order valence-corrected chi connectivity index (χ4v) is 5.54. The molecule has 2 atom stereocenters. The van der Waals surface area contributed by atoms with Crippen LogP contribution in [0.15, 0.2) is 53.4 Å². The fraction of sp³-hybridized carbons (Fsp3) is 0.333. The second kappa shape index (κ2) is 4.93. The molecule has 0 N–H and O–H groups in total. The van der Waals surface area contributed by atoms with E-state index in [1.54, 1.807) is 16.4 Å². The Bertz CT molecular complexity index is 811. The van der Waals surface area contributed by atoms with Gasteiger partial charge in [-0.2, -0.15) is 4.31 Å². The Labute approximate surface area is 131 Å². The summed E-state index contributed by atoms with van der Waals surface area (Å²) in [6, 6.07) is 15.5. The minimum atomic E-state index is -3.42. The van der Waals surface area contributed by atoms with Gasteiger partial charge in [-0.05, 0) is 48.9 Å². The second-order valence-corrected chi connectivity index (χ2v) is 8.22. The molecule has 0 saturated carbocycles. The summed E-state index contributed by atoms with van der Waals surface area (Å²) in [5.41, 5.74) is 3.58. The van der Waals surface area contributed by atoms with E-state index in [-0.39, 0.29) is 6.04 Å². The van der Waals surface area contributed by atoms with Crippen LogP contribution in [0, 0.1) is 12.8 Å². The molecule has 1 saturated heterocycles. The van der Waals surface area contributed by atoms with Crippen molar-refractivity contribution >= 4 is 10.0 Å². The Balaban J connectivity index is 1.76. The molecular formula is C18H19NO2S. The lowest BCUT2D eigenvalue weighted by Gasteiger charge is -2.24. The lowest BCUT2D eigenvalue weighted by Crippen LogP contribution is -2.31. The van der Waals surface area contributed by atoms with Crippen LogP contribution in [-0.2, 0) is 16.4 Å². The molecule has 2 aromatic rings. The molecular weight excluding hydrogens is 294 g/mol. The molecule has 1 unspecified atom stereocenters. The zero-order valence-electron chi connectivity index (χ0n) is 12.6. The molecule has 22 heavy (non-hydrogen) atoms. The molecule has 1 aliphatic carbocycles. The van der Waals surface area contributed by atoms with Crippen LogP contribution >= 0.6 is 0 Å². The predicted octanol–water partition coefficient (Wildman–Crippen LogP) is 3.30. The zero-order chi connectivity index (χ0) is 15.3. The highest BCUT2D eigenvalue weighted by Gasteiger charge is 2.46. The third-order valence-corrected chi connectivity index (χ3v) is 6.86. The highest BCUT2D eigenvalue weighted by atomic mass is 32.2. The van der Waals surface area contributed by atoms with Crippen LogP contribution in [0.25, 0.3) is 0 Å². The molecule has 0 aromatic heterocycles. The summed E-state index contributed by atoms with van der Waals surface area (Å²) < 4.78 is 27.8. The van der Waals surface area contributed by atoms with E-state index in [0.29, 0.717) is 17.4 Å². The Morgan fingerprint density at radius 3 is 2.55 bits per heavy atom. The van der Waals surface area contributed by atoms with Crippen molar-refractivity contribution in [3.05, 3.63) is 65.2 Å². The number of fused-ring (bicyclic) bond motifs is 3. The molecule has 1 fully saturated rings. The number of hydrogen-bond donors (Lipinski definition) is 0. The SMILES string of the molecule is Cc1ccc(S(=O)(=O)N2CCC3Cc4ccccc4[C@@H]32)cc1. The maximum atomic E-state index is 13.0. The standard InChI is InChI=1S/C18H19NO2S/c1-13-6-8-16(9-7-13)22(20,21)19-11-10-15-12-14-4-2-3-5-17(14)18(15)19/h2-9,15,18H,10-12H2,1H3/t15?,18-/m1/s1. The molecule has 4 heteroatoms. The summed E-state index contributed by atoms with van der Waals surface area (Å²) in [5, 5.41) is 0. The van der Waals surface area contributed by atoms with Gasteiger partial charge in [0.2, 0.25) is 10.0 Å². The second-order valence-electron chi connectivity index (χ2n) is 6.33. The van der Waals surface area contributed by atoms with Gasteiger partial charge >= 0.3 is 0 Å². The summed E-state index contributed by atoms with van der Waals surface area (Å²) in [5.74, 6) is 0.428. The summed E-state index contributed by atoms with van der Waals surface area (Å²) in [4.78, 5) is 0.406. The van der Waals surface area contributed by atoms with Crippen LogP contribution in [-0.4, -0.2) is 19.3 Å². The van der Waals surface area contributed by atoms with Crippen molar-refractivity contribution in [2.24, 2.45) is 5.92 Å². The quantitative estimate of drug-likeness (QED) is 0.853. The topological polar surface area (TPSA) is 37.4 Å². The van der Waals surface area contributed by atoms with Gasteiger partial charge in [0.25, 0.3) is 0 Å². The number of sulfonamides is 1. The average molecular weight is 313 g/mol. The number of hydrogen-bond acceptors (Lipinski definition) is 2. The molecule has 0 bridgehead atoms. The lowest BCUT2D eigenvalue weighted by atomic mass is 10.0. The summed E-state index contributed by atoms with van der Waals surface area (Å²) in [6.07, 6.45) is 1.95. The maximum absolute atomic E-state index is 13.0. The lowest BCUT2D eigenvalue weighted by molar-refractivity contribution is 0.364. The van der Waals surface area contributed by atoms with E-state index >= 15 is 0 Å². The highest BCUT2D eigenvalue weighted by molar-refractivity contribution is 7.89. The molecule has 2 aromatic carbocycles. The number of rotatable bonds is 2. The van der Waals surface area contributed by atoms with Gasteiger partial charge in [-0.25, -0.2) is 8.42 Å². The number of nitrogens with zero attached hydrogens (tertiary/aromatic N) is 1. The Hall–Kier alpha value is -1.65. The fourth-order valence-electron chi connectivity index (χ4n) is 3.85. The van der Waals surface area contributed by atoms with Crippen molar-refractivity contribution in [3.63, 3.8) is 0 Å². The zero-order valence-corrected chi connectivity index (χ0v) is 13.4. The first kappa shape index (κ1) is 14.0. The monoisotopic (exact) mass is 313 g/mol. The van der Waals surface area contributed by atoms with Gasteiger partial charge in [0.1, 0.15) is 0 Å². The van der Waals surface area contributed by atoms with Gasteiger partial charge in [0.15, 0.2) is 0 Å². The highest BCUT2D eigenvalue weighted by Crippen LogP contribution is 2.48. The molecule has 4 rings (SSSR count). The molecule has 0 amide bonds. The molecule has 3 nitrogen and oxygen atoms in total. The molecule has 2 aliphatic rings. The van der Waals surface area contributed by atoms with Gasteiger partial charge < -0.3 is 0 Å². The van der Waals surface area contributed by atoms with Crippen LogP contribution in [0.1, 0.15) is 29.2 Å². The normalized spacial score (nSPS) is 24.2. The van der Waals surface area contributed by atoms with E-state index in [1.165, 1.54) is 11.1 Å². The van der Waals surface area contributed by atoms with Crippen molar-refractivity contribution in [1.29, 1.82) is 0 Å². The van der Waals surface area contributed by atoms with Gasteiger partial charge in [-0.1, -0.05) is 42.0 Å². The van der Waals surface area contributed by atoms with Gasteiger partial charge in [0.05, 0.1) is 10.9 Å². The van der Waals surface area contributed by atoms with Crippen molar-refractivity contribution in [3.8, 4) is 0 Å². The Kier molecular flexibility index (Phi) is 3.13. The summed E-state index contributed by atoms with van der Waals surface area (Å²) in [7, 11) is -3.42. The molecule has 1 heterocycles. The van der Waals surface area contributed by atoms with Crippen molar-refractivity contribution < 1.29 is 8.42 Å². The van der Waals surface area contributed by atoms with Crippen molar-refractivity contribution in [2.45, 2.75) is 30.7 Å². The van der Waals surface area contributed by atoms with Crippen LogP contribution in [0.2, 0.25) is 0 Å². The van der Waals surface area contributed by atoms with Crippen LogP contribution in [0.4, 0.5) is 0 Å². The third-order valence-electron chi connectivity index (χ3n) is 4.96. The summed E-state index contributed by atoms with van der Waals surface area (Å²) >= 11 is 0. The van der Waals surface area contributed by atoms with Crippen LogP contribution < -0.4 is 0 Å². The van der Waals surface area contributed by atoms with E-state index < -0.39 is 10.0 Å². The van der Waals surface area contributed by atoms with E-state index in [9.17, 15) is 8.42 Å². The van der Waals surface area contributed by atoms with Crippen molar-refractivity contribution in [2.75, 3.05) is 6.54 Å². The first-order valence-corrected chi connectivity index (χ1v) is 9.18. The first-order valence-electron chi connectivity index (χ1n) is 7.74. The maximum Gasteiger partial charge on any atom is 0.243 e. The molecule has 0 spiro atoms. The van der Waals surface area contributed by atoms with E-state index in [0.717, 1.165) is 18.4 Å². The summed E-state index contributed by atoms with van der Waals surface area (Å²) in [6.45, 7) is 2.59. The van der Waals surface area contributed by atoms with Crippen LogP contribution in [0.3, 0.4) is 0 Å². The van der Waals surface area contributed by atoms with E-state index in [2.05, 4.69) is 12.1 Å². The van der Waals surface area contributed by atoms with Gasteiger partial charge in [0, 0.05) is 6.54 Å². The largest absolute Gasteiger partial charge is 0.243 e. The smallest absolute Gasteiger partial charge is 0.207 e. The van der Waals surface area contributed by atoms with Crippen LogP contribution in [0.5, 0.6) is 0 Å². The number of aryl methyl sites for hydroxylation is 1. The first-order chi connectivity index (χ1) is 10.6. The van der Waals surface area contributed by atoms with E-state index in [1.807, 2.05) is 31.2 Å². The molecule has 114 valence electrons. The third kappa shape index (κ3) is 2.02. The number of benzene rings is 2. The van der Waals surface area contributed by atoms with E-state index in [4.69, 9.17) is 0 Å². The molecule has 0 radical (unpaired) electrons. The van der Waals surface area contributed by atoms with Gasteiger partial charge in [-0.15, -0.1) is 0 Å². The minimum Gasteiger partial charge on any atom is -0.207 e. The Morgan fingerprint density at radius 2 is 1.77 bits per heavy atom. The Morgan fingerprint density at radius 1 is 1.05 bits per heavy atom. The average Bonchev–Trinajstić information content (AvgIpc) is 3.06. The minimum absolute atomic E-state index is 0.0162. The van der Waals surface area contributed by atoms with Gasteiger partial charge in [-0.3, -0.25) is 0 Å².